The molecule has 0 aromatic heterocycles. The van der Waals surface area contributed by atoms with Crippen LogP contribution in [-0.4, -0.2) is 20.9 Å². The molecule has 0 radical (unpaired) electrons. The van der Waals surface area contributed by atoms with Crippen LogP contribution in [0.1, 0.15) is 60.9 Å². The van der Waals surface area contributed by atoms with Gasteiger partial charge in [0.1, 0.15) is 6.54 Å². The highest BCUT2D eigenvalue weighted by molar-refractivity contribution is 7.92. The minimum Gasteiger partial charge on any atom is -0.348 e. The second kappa shape index (κ2) is 10.0. The van der Waals surface area contributed by atoms with E-state index in [4.69, 9.17) is 0 Å². The third-order valence-electron chi connectivity index (χ3n) is 6.45. The number of fused-ring (bicyclic) bond motifs is 1. The first-order chi connectivity index (χ1) is 16.3. The molecule has 0 spiro atoms. The Labute approximate surface area is 202 Å². The highest BCUT2D eigenvalue weighted by atomic mass is 32.2. The average Bonchev–Trinajstić information content (AvgIpc) is 2.83. The van der Waals surface area contributed by atoms with Crippen LogP contribution >= 0.6 is 0 Å². The maximum Gasteiger partial charge on any atom is 0.264 e. The van der Waals surface area contributed by atoms with Gasteiger partial charge in [-0.3, -0.25) is 9.10 Å². The molecule has 0 fully saturated rings. The monoisotopic (exact) mass is 476 g/mol. The van der Waals surface area contributed by atoms with Crippen LogP contribution in [0.4, 0.5) is 5.69 Å². The number of hydrogen-bond acceptors (Lipinski definition) is 3. The van der Waals surface area contributed by atoms with Crippen molar-refractivity contribution < 1.29 is 13.2 Å². The molecule has 1 N–H and O–H groups in total. The molecule has 0 saturated carbocycles. The number of sulfonamides is 1. The molecule has 1 amide bonds. The first kappa shape index (κ1) is 24.0. The summed E-state index contributed by atoms with van der Waals surface area (Å²) in [4.78, 5) is 13.4. The van der Waals surface area contributed by atoms with Gasteiger partial charge in [-0.15, -0.1) is 0 Å². The van der Waals surface area contributed by atoms with Gasteiger partial charge in [0.25, 0.3) is 10.0 Å². The van der Waals surface area contributed by atoms with Crippen molar-refractivity contribution in [1.82, 2.24) is 5.32 Å². The minimum absolute atomic E-state index is 0.107. The van der Waals surface area contributed by atoms with Gasteiger partial charge in [-0.05, 0) is 73.1 Å². The lowest BCUT2D eigenvalue weighted by Gasteiger charge is -2.29. The molecular formula is C28H32N2O3S. The fraction of sp³-hybridized carbons (Fsp3) is 0.321. The Morgan fingerprint density at radius 2 is 1.68 bits per heavy atom. The minimum atomic E-state index is -3.93. The standard InChI is InChI=1S/C28H32N2O3S/c1-20(2)22-13-15-24(16-14-22)30(34(32,33)25-17-11-21(3)12-18-25)19-28(31)29-27-10-6-8-23-7-4-5-9-26(23)27/h4-5,7,9,11-18,20,27H,6,8,10,19H2,1-3H3,(H,29,31)/t27-/m0/s1. The van der Waals surface area contributed by atoms with Crippen LogP contribution in [0.2, 0.25) is 0 Å². The van der Waals surface area contributed by atoms with Crippen molar-refractivity contribution in [2.75, 3.05) is 10.8 Å². The van der Waals surface area contributed by atoms with E-state index in [1.807, 2.05) is 37.3 Å². The van der Waals surface area contributed by atoms with Crippen molar-refractivity contribution in [1.29, 1.82) is 0 Å². The third-order valence-corrected chi connectivity index (χ3v) is 8.24. The van der Waals surface area contributed by atoms with Crippen molar-refractivity contribution in [2.45, 2.75) is 56.9 Å². The third kappa shape index (κ3) is 5.17. The Balaban J connectivity index is 1.63. The maximum atomic E-state index is 13.6. The van der Waals surface area contributed by atoms with Crippen LogP contribution in [0.15, 0.2) is 77.7 Å². The summed E-state index contributed by atoms with van der Waals surface area (Å²) < 4.78 is 28.5. The van der Waals surface area contributed by atoms with E-state index in [0.29, 0.717) is 11.6 Å². The van der Waals surface area contributed by atoms with Gasteiger partial charge in [0.05, 0.1) is 16.6 Å². The lowest BCUT2D eigenvalue weighted by molar-refractivity contribution is -0.120. The number of carbonyl (C=O) groups is 1. The van der Waals surface area contributed by atoms with Crippen molar-refractivity contribution in [3.63, 3.8) is 0 Å². The lowest BCUT2D eigenvalue weighted by Crippen LogP contribution is -2.42. The molecular weight excluding hydrogens is 444 g/mol. The van der Waals surface area contributed by atoms with Crippen molar-refractivity contribution >= 4 is 21.6 Å². The Morgan fingerprint density at radius 3 is 2.35 bits per heavy atom. The highest BCUT2D eigenvalue weighted by Gasteiger charge is 2.29. The number of rotatable bonds is 7. The Kier molecular flexibility index (Phi) is 7.08. The maximum absolute atomic E-state index is 13.6. The zero-order chi connectivity index (χ0) is 24.3. The van der Waals surface area contributed by atoms with E-state index in [-0.39, 0.29) is 23.4 Å². The molecule has 1 aliphatic rings. The van der Waals surface area contributed by atoms with Crippen LogP contribution in [0.5, 0.6) is 0 Å². The molecule has 1 atom stereocenters. The van der Waals surface area contributed by atoms with Crippen LogP contribution in [-0.2, 0) is 21.2 Å². The van der Waals surface area contributed by atoms with Crippen LogP contribution in [0.3, 0.4) is 0 Å². The van der Waals surface area contributed by atoms with Gasteiger partial charge in [-0.25, -0.2) is 8.42 Å². The Hall–Kier alpha value is -3.12. The second-order valence-electron chi connectivity index (χ2n) is 9.28. The lowest BCUT2D eigenvalue weighted by atomic mass is 9.88. The summed E-state index contributed by atoms with van der Waals surface area (Å²) in [7, 11) is -3.93. The SMILES string of the molecule is Cc1ccc(S(=O)(=O)N(CC(=O)N[C@H]2CCCc3ccccc32)c2ccc(C(C)C)cc2)cc1. The van der Waals surface area contributed by atoms with Gasteiger partial charge in [-0.1, -0.05) is 67.9 Å². The van der Waals surface area contributed by atoms with Gasteiger partial charge < -0.3 is 5.32 Å². The van der Waals surface area contributed by atoms with E-state index in [9.17, 15) is 13.2 Å². The number of carbonyl (C=O) groups excluding carboxylic acids is 1. The molecule has 6 heteroatoms. The molecule has 0 aliphatic heterocycles. The van der Waals surface area contributed by atoms with E-state index >= 15 is 0 Å². The van der Waals surface area contributed by atoms with E-state index in [1.165, 1.54) is 9.87 Å². The van der Waals surface area contributed by atoms with Crippen LogP contribution in [0.25, 0.3) is 0 Å². The molecule has 0 heterocycles. The van der Waals surface area contributed by atoms with E-state index in [1.54, 1.807) is 36.4 Å². The molecule has 0 bridgehead atoms. The number of hydrogen-bond donors (Lipinski definition) is 1. The summed E-state index contributed by atoms with van der Waals surface area (Å²) in [5, 5.41) is 3.09. The molecule has 3 aromatic rings. The van der Waals surface area contributed by atoms with Crippen LogP contribution < -0.4 is 9.62 Å². The summed E-state index contributed by atoms with van der Waals surface area (Å²) in [6.45, 7) is 5.81. The van der Waals surface area contributed by atoms with E-state index in [0.717, 1.165) is 36.0 Å². The molecule has 3 aromatic carbocycles. The molecule has 178 valence electrons. The van der Waals surface area contributed by atoms with Crippen molar-refractivity contribution in [3.05, 3.63) is 95.1 Å². The van der Waals surface area contributed by atoms with Crippen molar-refractivity contribution in [2.24, 2.45) is 0 Å². The fourth-order valence-electron chi connectivity index (χ4n) is 4.45. The predicted octanol–water partition coefficient (Wildman–Crippen LogP) is 5.51. The zero-order valence-electron chi connectivity index (χ0n) is 20.0. The highest BCUT2D eigenvalue weighted by Crippen LogP contribution is 2.30. The zero-order valence-corrected chi connectivity index (χ0v) is 20.8. The first-order valence-corrected chi connectivity index (χ1v) is 13.3. The van der Waals surface area contributed by atoms with E-state index in [2.05, 4.69) is 25.2 Å². The number of nitrogens with zero attached hydrogens (tertiary/aromatic N) is 1. The molecule has 34 heavy (non-hydrogen) atoms. The number of amides is 1. The smallest absolute Gasteiger partial charge is 0.264 e. The average molecular weight is 477 g/mol. The summed E-state index contributed by atoms with van der Waals surface area (Å²) in [5.41, 5.74) is 4.92. The summed E-state index contributed by atoms with van der Waals surface area (Å²) in [6, 6.07) is 22.2. The largest absolute Gasteiger partial charge is 0.348 e. The molecule has 1 aliphatic carbocycles. The predicted molar refractivity (Wildman–Crippen MR) is 137 cm³/mol. The molecule has 0 unspecified atom stereocenters. The van der Waals surface area contributed by atoms with Gasteiger partial charge in [0.2, 0.25) is 5.91 Å². The first-order valence-electron chi connectivity index (χ1n) is 11.8. The van der Waals surface area contributed by atoms with Crippen LogP contribution in [0, 0.1) is 6.92 Å². The summed E-state index contributed by atoms with van der Waals surface area (Å²) in [5.74, 6) is 0.0104. The fourth-order valence-corrected chi connectivity index (χ4v) is 5.87. The van der Waals surface area contributed by atoms with Crippen molar-refractivity contribution in [3.8, 4) is 0 Å². The Morgan fingerprint density at radius 1 is 1.00 bits per heavy atom. The Bertz CT molecular complexity index is 1250. The van der Waals surface area contributed by atoms with Gasteiger partial charge >= 0.3 is 0 Å². The number of benzene rings is 3. The molecule has 5 nitrogen and oxygen atoms in total. The van der Waals surface area contributed by atoms with E-state index < -0.39 is 10.0 Å². The van der Waals surface area contributed by atoms with Gasteiger partial charge in [0.15, 0.2) is 0 Å². The molecule has 4 rings (SSSR count). The summed E-state index contributed by atoms with van der Waals surface area (Å²) >= 11 is 0. The quantitative estimate of drug-likeness (QED) is 0.489. The second-order valence-corrected chi connectivity index (χ2v) is 11.1. The number of nitrogens with one attached hydrogen (secondary N) is 1. The van der Waals surface area contributed by atoms with Gasteiger partial charge in [-0.2, -0.15) is 0 Å². The normalized spacial score (nSPS) is 15.6. The van der Waals surface area contributed by atoms with Gasteiger partial charge in [0, 0.05) is 0 Å². The molecule has 0 saturated heterocycles. The number of anilines is 1. The topological polar surface area (TPSA) is 66.5 Å². The summed E-state index contributed by atoms with van der Waals surface area (Å²) in [6.07, 6.45) is 2.83. The number of aryl methyl sites for hydroxylation is 2.